The van der Waals surface area contributed by atoms with E-state index in [9.17, 15) is 14.9 Å². The van der Waals surface area contributed by atoms with E-state index in [1.165, 1.54) is 12.1 Å². The Bertz CT molecular complexity index is 671. The second-order valence-corrected chi connectivity index (χ2v) is 4.41. The SMILES string of the molecule is CNc1ccccc1C(=O)NCc1cccc([N+](=O)[O-])c1. The number of non-ortho nitro benzene ring substituents is 1. The van der Waals surface area contributed by atoms with Gasteiger partial charge in [0.1, 0.15) is 0 Å². The monoisotopic (exact) mass is 285 g/mol. The van der Waals surface area contributed by atoms with Gasteiger partial charge in [0.2, 0.25) is 0 Å². The Morgan fingerprint density at radius 3 is 2.67 bits per heavy atom. The van der Waals surface area contributed by atoms with Crippen LogP contribution in [0.4, 0.5) is 11.4 Å². The maximum atomic E-state index is 12.1. The van der Waals surface area contributed by atoms with E-state index < -0.39 is 4.92 Å². The number of nitro benzene ring substituents is 1. The highest BCUT2D eigenvalue weighted by Crippen LogP contribution is 2.15. The molecule has 0 bridgehead atoms. The summed E-state index contributed by atoms with van der Waals surface area (Å²) in [7, 11) is 1.74. The molecule has 6 nitrogen and oxygen atoms in total. The summed E-state index contributed by atoms with van der Waals surface area (Å²) in [5.41, 5.74) is 1.95. The summed E-state index contributed by atoms with van der Waals surface area (Å²) in [6.07, 6.45) is 0. The summed E-state index contributed by atoms with van der Waals surface area (Å²) in [4.78, 5) is 22.4. The van der Waals surface area contributed by atoms with Crippen molar-refractivity contribution < 1.29 is 9.72 Å². The molecule has 0 spiro atoms. The first-order valence-corrected chi connectivity index (χ1v) is 6.40. The van der Waals surface area contributed by atoms with Crippen LogP contribution in [0.1, 0.15) is 15.9 Å². The molecule has 0 aromatic heterocycles. The number of benzene rings is 2. The van der Waals surface area contributed by atoms with Crippen molar-refractivity contribution in [3.63, 3.8) is 0 Å². The van der Waals surface area contributed by atoms with Crippen molar-refractivity contribution in [2.45, 2.75) is 6.54 Å². The highest BCUT2D eigenvalue weighted by molar-refractivity contribution is 5.99. The molecule has 0 unspecified atom stereocenters. The zero-order valence-electron chi connectivity index (χ0n) is 11.5. The van der Waals surface area contributed by atoms with Gasteiger partial charge in [-0.15, -0.1) is 0 Å². The predicted octanol–water partition coefficient (Wildman–Crippen LogP) is 2.57. The van der Waals surface area contributed by atoms with Crippen LogP contribution >= 0.6 is 0 Å². The van der Waals surface area contributed by atoms with Gasteiger partial charge >= 0.3 is 0 Å². The molecular weight excluding hydrogens is 270 g/mol. The van der Waals surface area contributed by atoms with Crippen LogP contribution in [0.5, 0.6) is 0 Å². The van der Waals surface area contributed by atoms with Gasteiger partial charge in [-0.2, -0.15) is 0 Å². The third kappa shape index (κ3) is 3.56. The van der Waals surface area contributed by atoms with Gasteiger partial charge < -0.3 is 10.6 Å². The second-order valence-electron chi connectivity index (χ2n) is 4.41. The fraction of sp³-hybridized carbons (Fsp3) is 0.133. The van der Waals surface area contributed by atoms with Gasteiger partial charge in [-0.05, 0) is 17.7 Å². The van der Waals surface area contributed by atoms with Crippen LogP contribution in [0.15, 0.2) is 48.5 Å². The molecule has 6 heteroatoms. The zero-order valence-corrected chi connectivity index (χ0v) is 11.5. The smallest absolute Gasteiger partial charge is 0.269 e. The molecule has 2 N–H and O–H groups in total. The third-order valence-corrected chi connectivity index (χ3v) is 3.02. The molecule has 0 atom stereocenters. The van der Waals surface area contributed by atoms with E-state index in [-0.39, 0.29) is 18.1 Å². The number of hydrogen-bond donors (Lipinski definition) is 2. The lowest BCUT2D eigenvalue weighted by Gasteiger charge is -2.09. The molecule has 0 radical (unpaired) electrons. The summed E-state index contributed by atoms with van der Waals surface area (Å²) in [6, 6.07) is 13.3. The maximum Gasteiger partial charge on any atom is 0.269 e. The summed E-state index contributed by atoms with van der Waals surface area (Å²) in [6.45, 7) is 0.235. The minimum absolute atomic E-state index is 0.0115. The molecule has 21 heavy (non-hydrogen) atoms. The number of anilines is 1. The lowest BCUT2D eigenvalue weighted by Crippen LogP contribution is -2.23. The Hall–Kier alpha value is -2.89. The molecule has 0 heterocycles. The van der Waals surface area contributed by atoms with Crippen molar-refractivity contribution in [2.24, 2.45) is 0 Å². The molecule has 2 aromatic carbocycles. The number of nitrogens with zero attached hydrogens (tertiary/aromatic N) is 1. The van der Waals surface area contributed by atoms with E-state index in [4.69, 9.17) is 0 Å². The van der Waals surface area contributed by atoms with Gasteiger partial charge in [-0.3, -0.25) is 14.9 Å². The molecular formula is C15H15N3O3. The molecule has 0 saturated carbocycles. The molecule has 2 rings (SSSR count). The largest absolute Gasteiger partial charge is 0.387 e. The fourth-order valence-electron chi connectivity index (χ4n) is 1.96. The van der Waals surface area contributed by atoms with Crippen LogP contribution < -0.4 is 10.6 Å². The van der Waals surface area contributed by atoms with E-state index in [0.29, 0.717) is 11.1 Å². The van der Waals surface area contributed by atoms with Gasteiger partial charge in [0.05, 0.1) is 10.5 Å². The lowest BCUT2D eigenvalue weighted by atomic mass is 10.1. The summed E-state index contributed by atoms with van der Waals surface area (Å²) < 4.78 is 0. The summed E-state index contributed by atoms with van der Waals surface area (Å²) in [5, 5.41) is 16.4. The zero-order chi connectivity index (χ0) is 15.2. The Kier molecular flexibility index (Phi) is 4.50. The van der Waals surface area contributed by atoms with Crippen molar-refractivity contribution in [3.8, 4) is 0 Å². The summed E-state index contributed by atoms with van der Waals surface area (Å²) in [5.74, 6) is -0.230. The molecule has 0 saturated heterocycles. The van der Waals surface area contributed by atoms with E-state index >= 15 is 0 Å². The topological polar surface area (TPSA) is 84.3 Å². The molecule has 0 fully saturated rings. The maximum absolute atomic E-state index is 12.1. The van der Waals surface area contributed by atoms with Gasteiger partial charge in [0.25, 0.3) is 11.6 Å². The first-order chi connectivity index (χ1) is 10.1. The van der Waals surface area contributed by atoms with Crippen LogP contribution in [0, 0.1) is 10.1 Å². The van der Waals surface area contributed by atoms with Gasteiger partial charge in [0, 0.05) is 31.4 Å². The van der Waals surface area contributed by atoms with Crippen LogP contribution in [0.2, 0.25) is 0 Å². The number of nitro groups is 1. The number of carbonyl (C=O) groups excluding carboxylic acids is 1. The normalized spacial score (nSPS) is 9.95. The molecule has 1 amide bonds. The Labute approximate surface area is 121 Å². The number of nitrogens with one attached hydrogen (secondary N) is 2. The molecule has 0 aliphatic rings. The first kappa shape index (κ1) is 14.5. The Morgan fingerprint density at radius 2 is 1.95 bits per heavy atom. The van der Waals surface area contributed by atoms with Crippen LogP contribution in [0.3, 0.4) is 0 Å². The lowest BCUT2D eigenvalue weighted by molar-refractivity contribution is -0.384. The van der Waals surface area contributed by atoms with E-state index in [2.05, 4.69) is 10.6 Å². The van der Waals surface area contributed by atoms with Gasteiger partial charge in [-0.25, -0.2) is 0 Å². The highest BCUT2D eigenvalue weighted by atomic mass is 16.6. The average Bonchev–Trinajstić information content (AvgIpc) is 2.52. The molecule has 108 valence electrons. The fourth-order valence-corrected chi connectivity index (χ4v) is 1.96. The van der Waals surface area contributed by atoms with Crippen LogP contribution in [-0.4, -0.2) is 17.9 Å². The Balaban J connectivity index is 2.07. The average molecular weight is 285 g/mol. The number of para-hydroxylation sites is 1. The highest BCUT2D eigenvalue weighted by Gasteiger charge is 2.10. The van der Waals surface area contributed by atoms with Crippen LogP contribution in [0.25, 0.3) is 0 Å². The molecule has 2 aromatic rings. The number of amides is 1. The number of carbonyl (C=O) groups is 1. The standard InChI is InChI=1S/C15H15N3O3/c1-16-14-8-3-2-7-13(14)15(19)17-10-11-5-4-6-12(9-11)18(20)21/h2-9,16H,10H2,1H3,(H,17,19). The van der Waals surface area contributed by atoms with Crippen molar-refractivity contribution >= 4 is 17.3 Å². The number of hydrogen-bond acceptors (Lipinski definition) is 4. The van der Waals surface area contributed by atoms with Crippen molar-refractivity contribution in [2.75, 3.05) is 12.4 Å². The van der Waals surface area contributed by atoms with Crippen LogP contribution in [-0.2, 0) is 6.54 Å². The predicted molar refractivity (Wildman–Crippen MR) is 80.3 cm³/mol. The first-order valence-electron chi connectivity index (χ1n) is 6.40. The third-order valence-electron chi connectivity index (χ3n) is 3.02. The van der Waals surface area contributed by atoms with Gasteiger partial charge in [-0.1, -0.05) is 24.3 Å². The Morgan fingerprint density at radius 1 is 1.19 bits per heavy atom. The van der Waals surface area contributed by atoms with Crippen molar-refractivity contribution in [3.05, 3.63) is 69.8 Å². The molecule has 0 aliphatic heterocycles. The van der Waals surface area contributed by atoms with E-state index in [1.54, 1.807) is 31.3 Å². The van der Waals surface area contributed by atoms with Gasteiger partial charge in [0.15, 0.2) is 0 Å². The minimum atomic E-state index is -0.457. The minimum Gasteiger partial charge on any atom is -0.387 e. The second kappa shape index (κ2) is 6.51. The van der Waals surface area contributed by atoms with E-state index in [0.717, 1.165) is 5.69 Å². The molecule has 0 aliphatic carbocycles. The quantitative estimate of drug-likeness (QED) is 0.653. The van der Waals surface area contributed by atoms with Crippen molar-refractivity contribution in [1.82, 2.24) is 5.32 Å². The number of rotatable bonds is 5. The summed E-state index contributed by atoms with van der Waals surface area (Å²) >= 11 is 0. The van der Waals surface area contributed by atoms with E-state index in [1.807, 2.05) is 12.1 Å². The van der Waals surface area contributed by atoms with Crippen molar-refractivity contribution in [1.29, 1.82) is 0 Å².